The summed E-state index contributed by atoms with van der Waals surface area (Å²) in [5.74, 6) is -0.0855. The summed E-state index contributed by atoms with van der Waals surface area (Å²) in [6.07, 6.45) is -4.63. The zero-order valence-corrected chi connectivity index (χ0v) is 10.4. The second-order valence-corrected chi connectivity index (χ2v) is 4.52. The van der Waals surface area contributed by atoms with Crippen LogP contribution in [0.5, 0.6) is 5.75 Å². The first-order valence-electron chi connectivity index (χ1n) is 4.35. The summed E-state index contributed by atoms with van der Waals surface area (Å²) in [5.41, 5.74) is 0.569. The van der Waals surface area contributed by atoms with Gasteiger partial charge in [0.15, 0.2) is 0 Å². The Morgan fingerprint density at radius 3 is 2.33 bits per heavy atom. The predicted octanol–water partition coefficient (Wildman–Crippen LogP) is 4.31. The lowest BCUT2D eigenvalue weighted by atomic mass is 10.0. The molecule has 1 aromatic carbocycles. The van der Waals surface area contributed by atoms with Crippen molar-refractivity contribution in [1.29, 1.82) is 0 Å². The van der Waals surface area contributed by atoms with Crippen molar-refractivity contribution in [3.05, 3.63) is 27.3 Å². The molecule has 1 rings (SSSR count). The average molecular weight is 330 g/mol. The van der Waals surface area contributed by atoms with Crippen LogP contribution >= 0.6 is 22.6 Å². The third-order valence-electron chi connectivity index (χ3n) is 1.84. The van der Waals surface area contributed by atoms with Crippen molar-refractivity contribution >= 4 is 22.6 Å². The Kier molecular flexibility index (Phi) is 3.86. The van der Waals surface area contributed by atoms with Crippen LogP contribution in [-0.2, 0) is 0 Å². The molecule has 5 heteroatoms. The molecule has 0 unspecified atom stereocenters. The second-order valence-electron chi connectivity index (χ2n) is 3.36. The number of ether oxygens (including phenoxy) is 1. The fourth-order valence-electron chi connectivity index (χ4n) is 1.20. The summed E-state index contributed by atoms with van der Waals surface area (Å²) in [4.78, 5) is 0. The molecule has 1 aromatic rings. The van der Waals surface area contributed by atoms with Crippen LogP contribution < -0.4 is 4.74 Å². The molecule has 0 aliphatic rings. The molecule has 0 amide bonds. The third-order valence-corrected chi connectivity index (χ3v) is 2.69. The van der Waals surface area contributed by atoms with Crippen molar-refractivity contribution in [1.82, 2.24) is 0 Å². The smallest absolute Gasteiger partial charge is 0.404 e. The first kappa shape index (κ1) is 12.6. The predicted molar refractivity (Wildman–Crippen MR) is 59.9 cm³/mol. The van der Waals surface area contributed by atoms with E-state index in [0.717, 1.165) is 0 Å². The van der Waals surface area contributed by atoms with Crippen molar-refractivity contribution in [3.63, 3.8) is 0 Å². The van der Waals surface area contributed by atoms with Gasteiger partial charge in [0.1, 0.15) is 5.75 Å². The van der Waals surface area contributed by atoms with E-state index < -0.39 is 6.36 Å². The SMILES string of the molecule is CC(C)c1cccc(I)c1OC(F)(F)F. The minimum Gasteiger partial charge on any atom is -0.404 e. The van der Waals surface area contributed by atoms with E-state index in [1.807, 2.05) is 36.4 Å². The zero-order chi connectivity index (χ0) is 11.6. The molecule has 0 heterocycles. The number of benzene rings is 1. The molecule has 0 aliphatic heterocycles. The van der Waals surface area contributed by atoms with Crippen LogP contribution in [-0.4, -0.2) is 6.36 Å². The van der Waals surface area contributed by atoms with Gasteiger partial charge in [0, 0.05) is 0 Å². The van der Waals surface area contributed by atoms with E-state index in [0.29, 0.717) is 9.13 Å². The van der Waals surface area contributed by atoms with Crippen molar-refractivity contribution in [2.75, 3.05) is 0 Å². The summed E-state index contributed by atoms with van der Waals surface area (Å²) in [6.45, 7) is 3.66. The first-order chi connectivity index (χ1) is 6.81. The van der Waals surface area contributed by atoms with Gasteiger partial charge in [-0.2, -0.15) is 0 Å². The third kappa shape index (κ3) is 3.55. The Hall–Kier alpha value is -0.460. The van der Waals surface area contributed by atoms with Gasteiger partial charge in [0.05, 0.1) is 3.57 Å². The highest BCUT2D eigenvalue weighted by Crippen LogP contribution is 2.34. The van der Waals surface area contributed by atoms with Gasteiger partial charge < -0.3 is 4.74 Å². The molecule has 0 bridgehead atoms. The van der Waals surface area contributed by atoms with Crippen molar-refractivity contribution in [3.8, 4) is 5.75 Å². The van der Waals surface area contributed by atoms with Gasteiger partial charge in [0.2, 0.25) is 0 Å². The normalized spacial score (nSPS) is 11.9. The minimum absolute atomic E-state index is 0.00272. The van der Waals surface area contributed by atoms with Gasteiger partial charge in [-0.15, -0.1) is 13.2 Å². The van der Waals surface area contributed by atoms with E-state index in [-0.39, 0.29) is 11.7 Å². The fraction of sp³-hybridized carbons (Fsp3) is 0.400. The number of hydrogen-bond donors (Lipinski definition) is 0. The maximum absolute atomic E-state index is 12.1. The van der Waals surface area contributed by atoms with Crippen molar-refractivity contribution in [2.45, 2.75) is 26.1 Å². The molecule has 1 nitrogen and oxygen atoms in total. The van der Waals surface area contributed by atoms with Crippen LogP contribution in [0.3, 0.4) is 0 Å². The summed E-state index contributed by atoms with van der Waals surface area (Å²) in [5, 5.41) is 0. The van der Waals surface area contributed by atoms with Gasteiger partial charge >= 0.3 is 6.36 Å². The van der Waals surface area contributed by atoms with Crippen LogP contribution in [0.15, 0.2) is 18.2 Å². The summed E-state index contributed by atoms with van der Waals surface area (Å²) >= 11 is 1.83. The van der Waals surface area contributed by atoms with Crippen LogP contribution in [0.1, 0.15) is 25.3 Å². The van der Waals surface area contributed by atoms with Gasteiger partial charge in [-0.3, -0.25) is 0 Å². The molecule has 0 saturated heterocycles. The van der Waals surface area contributed by atoms with E-state index in [1.54, 1.807) is 18.2 Å². The van der Waals surface area contributed by atoms with E-state index in [4.69, 9.17) is 0 Å². The highest BCUT2D eigenvalue weighted by Gasteiger charge is 2.33. The Balaban J connectivity index is 3.14. The van der Waals surface area contributed by atoms with Crippen LogP contribution in [0.4, 0.5) is 13.2 Å². The zero-order valence-electron chi connectivity index (χ0n) is 8.23. The standard InChI is InChI=1S/C10H10F3IO/c1-6(2)7-4-3-5-8(14)9(7)15-10(11,12)13/h3-6H,1-2H3. The molecule has 0 atom stereocenters. The largest absolute Gasteiger partial charge is 0.573 e. The molecular formula is C10H10F3IO. The summed E-state index contributed by atoms with van der Waals surface area (Å²) < 4.78 is 40.9. The molecule has 0 saturated carbocycles. The first-order valence-corrected chi connectivity index (χ1v) is 5.43. The number of rotatable bonds is 2. The molecule has 84 valence electrons. The maximum atomic E-state index is 12.1. The Bertz CT molecular complexity index is 347. The topological polar surface area (TPSA) is 9.23 Å². The highest BCUT2D eigenvalue weighted by molar-refractivity contribution is 14.1. The van der Waals surface area contributed by atoms with Crippen molar-refractivity contribution < 1.29 is 17.9 Å². The molecular weight excluding hydrogens is 320 g/mol. The van der Waals surface area contributed by atoms with E-state index in [1.165, 1.54) is 0 Å². The molecule has 0 N–H and O–H groups in total. The van der Waals surface area contributed by atoms with Gasteiger partial charge in [-0.1, -0.05) is 26.0 Å². The molecule has 0 fully saturated rings. The maximum Gasteiger partial charge on any atom is 0.573 e. The van der Waals surface area contributed by atoms with Crippen LogP contribution in [0, 0.1) is 3.57 Å². The Labute approximate surface area is 99.8 Å². The lowest BCUT2D eigenvalue weighted by Crippen LogP contribution is -2.19. The molecule has 0 radical (unpaired) electrons. The minimum atomic E-state index is -4.63. The number of para-hydroxylation sites is 1. The Morgan fingerprint density at radius 1 is 1.27 bits per heavy atom. The molecule has 15 heavy (non-hydrogen) atoms. The number of halogens is 4. The van der Waals surface area contributed by atoms with Gasteiger partial charge in [-0.05, 0) is 40.1 Å². The quantitative estimate of drug-likeness (QED) is 0.734. The van der Waals surface area contributed by atoms with E-state index in [2.05, 4.69) is 4.74 Å². The monoisotopic (exact) mass is 330 g/mol. The second kappa shape index (κ2) is 4.59. The Morgan fingerprint density at radius 2 is 1.87 bits per heavy atom. The lowest BCUT2D eigenvalue weighted by molar-refractivity contribution is -0.275. The summed E-state index contributed by atoms with van der Waals surface area (Å²) in [6, 6.07) is 4.96. The van der Waals surface area contributed by atoms with E-state index in [9.17, 15) is 13.2 Å². The number of hydrogen-bond acceptors (Lipinski definition) is 1. The molecule has 0 aliphatic carbocycles. The summed E-state index contributed by atoms with van der Waals surface area (Å²) in [7, 11) is 0. The molecule has 0 spiro atoms. The highest BCUT2D eigenvalue weighted by atomic mass is 127. The van der Waals surface area contributed by atoms with Gasteiger partial charge in [-0.25, -0.2) is 0 Å². The van der Waals surface area contributed by atoms with Crippen LogP contribution in [0.25, 0.3) is 0 Å². The molecule has 0 aromatic heterocycles. The van der Waals surface area contributed by atoms with E-state index >= 15 is 0 Å². The fourth-order valence-corrected chi connectivity index (χ4v) is 1.83. The van der Waals surface area contributed by atoms with Crippen molar-refractivity contribution in [2.24, 2.45) is 0 Å². The van der Waals surface area contributed by atoms with Crippen LogP contribution in [0.2, 0.25) is 0 Å². The van der Waals surface area contributed by atoms with Gasteiger partial charge in [0.25, 0.3) is 0 Å². The lowest BCUT2D eigenvalue weighted by Gasteiger charge is -2.16. The average Bonchev–Trinajstić information content (AvgIpc) is 2.05. The number of alkyl halides is 3.